The summed E-state index contributed by atoms with van der Waals surface area (Å²) in [7, 11) is 0. The average molecular weight is 743 g/mol. The van der Waals surface area contributed by atoms with Gasteiger partial charge in [0.1, 0.15) is 0 Å². The summed E-state index contributed by atoms with van der Waals surface area (Å²) in [6.07, 6.45) is 0. The molecule has 4 heteroatoms. The Kier molecular flexibility index (Phi) is 7.80. The van der Waals surface area contributed by atoms with Crippen molar-refractivity contribution in [3.05, 3.63) is 205 Å². The van der Waals surface area contributed by atoms with Crippen molar-refractivity contribution >= 4 is 21.8 Å². The van der Waals surface area contributed by atoms with Gasteiger partial charge in [-0.25, -0.2) is 15.0 Å². The van der Waals surface area contributed by atoms with Crippen LogP contribution in [0.4, 0.5) is 0 Å². The SMILES string of the molecule is CC1(C)c2ccccc2-c2cc(-c3ccc4c(c3)c3cc(-c5nc(-c6ccccc6)nc(-c6ccccc6)n5)ccc3n4-c3cccc(-c4ccccc4)c3)ccc21. The van der Waals surface area contributed by atoms with Gasteiger partial charge in [-0.3, -0.25) is 0 Å². The molecule has 0 bridgehead atoms. The summed E-state index contributed by atoms with van der Waals surface area (Å²) in [5.41, 5.74) is 16.3. The standard InChI is InChI=1S/C54H38N4/c1-54(2)47-24-13-12-23-43(47)44-32-39(25-28-48(44)54)40-26-29-49-45(33-40)46-34-41(27-30-50(46)58(49)42-22-14-21-38(31-42)35-15-6-3-7-16-35)53-56-51(36-17-8-4-9-18-36)55-52(57-53)37-19-10-5-11-20-37/h3-34H,1-2H3. The van der Waals surface area contributed by atoms with Crippen molar-refractivity contribution in [2.24, 2.45) is 0 Å². The summed E-state index contributed by atoms with van der Waals surface area (Å²) in [6.45, 7) is 4.67. The summed E-state index contributed by atoms with van der Waals surface area (Å²) >= 11 is 0. The molecular formula is C54H38N4. The zero-order valence-corrected chi connectivity index (χ0v) is 32.3. The van der Waals surface area contributed by atoms with E-state index < -0.39 is 0 Å². The third-order valence-electron chi connectivity index (χ3n) is 11.9. The molecule has 2 aromatic heterocycles. The Hall–Kier alpha value is -7.43. The van der Waals surface area contributed by atoms with Crippen molar-refractivity contribution in [1.29, 1.82) is 0 Å². The molecule has 1 aliphatic rings. The van der Waals surface area contributed by atoms with Crippen molar-refractivity contribution in [2.75, 3.05) is 0 Å². The Morgan fingerprint density at radius 2 is 0.810 bits per heavy atom. The number of nitrogens with zero attached hydrogens (tertiary/aromatic N) is 4. The predicted octanol–water partition coefficient (Wildman–Crippen LogP) is 13.6. The van der Waals surface area contributed by atoms with Gasteiger partial charge < -0.3 is 4.57 Å². The van der Waals surface area contributed by atoms with Gasteiger partial charge in [0.05, 0.1) is 11.0 Å². The van der Waals surface area contributed by atoms with Crippen molar-refractivity contribution < 1.29 is 0 Å². The van der Waals surface area contributed by atoms with Gasteiger partial charge in [-0.05, 0) is 93.0 Å². The molecule has 58 heavy (non-hydrogen) atoms. The van der Waals surface area contributed by atoms with Crippen LogP contribution >= 0.6 is 0 Å². The molecule has 0 fully saturated rings. The van der Waals surface area contributed by atoms with Crippen LogP contribution in [-0.2, 0) is 5.41 Å². The monoisotopic (exact) mass is 742 g/mol. The van der Waals surface area contributed by atoms with Gasteiger partial charge in [0.25, 0.3) is 0 Å². The fourth-order valence-corrected chi connectivity index (χ4v) is 8.91. The second-order valence-corrected chi connectivity index (χ2v) is 15.7. The molecule has 0 spiro atoms. The molecule has 0 unspecified atom stereocenters. The van der Waals surface area contributed by atoms with Crippen LogP contribution in [0.1, 0.15) is 25.0 Å². The van der Waals surface area contributed by atoms with Gasteiger partial charge in [-0.2, -0.15) is 0 Å². The minimum absolute atomic E-state index is 0.0394. The molecule has 274 valence electrons. The summed E-state index contributed by atoms with van der Waals surface area (Å²) in [5, 5.41) is 2.30. The lowest BCUT2D eigenvalue weighted by atomic mass is 9.82. The Morgan fingerprint density at radius 3 is 1.47 bits per heavy atom. The molecule has 0 saturated carbocycles. The second-order valence-electron chi connectivity index (χ2n) is 15.7. The quantitative estimate of drug-likeness (QED) is 0.170. The van der Waals surface area contributed by atoms with E-state index in [2.05, 4.69) is 152 Å². The van der Waals surface area contributed by atoms with Crippen LogP contribution in [0.15, 0.2) is 194 Å². The molecule has 0 atom stereocenters. The molecule has 0 aliphatic heterocycles. The Bertz CT molecular complexity index is 3120. The predicted molar refractivity (Wildman–Crippen MR) is 239 cm³/mol. The first-order chi connectivity index (χ1) is 28.5. The first kappa shape index (κ1) is 33.9. The molecule has 0 N–H and O–H groups in total. The van der Waals surface area contributed by atoms with Crippen LogP contribution in [0, 0.1) is 0 Å². The summed E-state index contributed by atoms with van der Waals surface area (Å²) in [6, 6.07) is 69.2. The van der Waals surface area contributed by atoms with Gasteiger partial charge in [-0.15, -0.1) is 0 Å². The highest BCUT2D eigenvalue weighted by atomic mass is 15.0. The van der Waals surface area contributed by atoms with E-state index in [1.165, 1.54) is 49.9 Å². The van der Waals surface area contributed by atoms with Crippen LogP contribution in [0.25, 0.3) is 95.0 Å². The van der Waals surface area contributed by atoms with E-state index in [0.717, 1.165) is 38.8 Å². The summed E-state index contributed by atoms with van der Waals surface area (Å²) in [4.78, 5) is 15.1. The minimum atomic E-state index is -0.0394. The molecule has 11 rings (SSSR count). The minimum Gasteiger partial charge on any atom is -0.309 e. The van der Waals surface area contributed by atoms with Crippen molar-refractivity contribution in [3.63, 3.8) is 0 Å². The topological polar surface area (TPSA) is 43.6 Å². The Balaban J connectivity index is 1.13. The number of rotatable bonds is 6. The number of hydrogen-bond acceptors (Lipinski definition) is 3. The van der Waals surface area contributed by atoms with E-state index >= 15 is 0 Å². The van der Waals surface area contributed by atoms with Gasteiger partial charge in [-0.1, -0.05) is 159 Å². The van der Waals surface area contributed by atoms with Crippen molar-refractivity contribution in [2.45, 2.75) is 19.3 Å². The molecule has 2 heterocycles. The van der Waals surface area contributed by atoms with Gasteiger partial charge in [0, 0.05) is 38.6 Å². The molecular weight excluding hydrogens is 705 g/mol. The highest BCUT2D eigenvalue weighted by Crippen LogP contribution is 2.50. The van der Waals surface area contributed by atoms with E-state index in [4.69, 9.17) is 15.0 Å². The van der Waals surface area contributed by atoms with Crippen LogP contribution in [0.3, 0.4) is 0 Å². The van der Waals surface area contributed by atoms with Gasteiger partial charge in [0.15, 0.2) is 17.5 Å². The molecule has 4 nitrogen and oxygen atoms in total. The van der Waals surface area contributed by atoms with Crippen molar-refractivity contribution in [1.82, 2.24) is 19.5 Å². The third-order valence-corrected chi connectivity index (χ3v) is 11.9. The van der Waals surface area contributed by atoms with E-state index in [9.17, 15) is 0 Å². The van der Waals surface area contributed by atoms with Crippen LogP contribution in [0.5, 0.6) is 0 Å². The Labute approximate surface area is 337 Å². The van der Waals surface area contributed by atoms with Crippen molar-refractivity contribution in [3.8, 4) is 73.2 Å². The van der Waals surface area contributed by atoms with E-state index in [1.54, 1.807) is 0 Å². The highest BCUT2D eigenvalue weighted by Gasteiger charge is 2.35. The lowest BCUT2D eigenvalue weighted by Crippen LogP contribution is -2.14. The molecule has 10 aromatic rings. The fourth-order valence-electron chi connectivity index (χ4n) is 8.91. The average Bonchev–Trinajstić information content (AvgIpc) is 3.74. The molecule has 1 aliphatic carbocycles. The number of aromatic nitrogens is 4. The fraction of sp³-hybridized carbons (Fsp3) is 0.0556. The van der Waals surface area contributed by atoms with E-state index in [0.29, 0.717) is 17.5 Å². The maximum absolute atomic E-state index is 5.10. The van der Waals surface area contributed by atoms with Crippen LogP contribution in [0.2, 0.25) is 0 Å². The first-order valence-corrected chi connectivity index (χ1v) is 19.9. The zero-order chi connectivity index (χ0) is 38.8. The van der Waals surface area contributed by atoms with Gasteiger partial charge >= 0.3 is 0 Å². The smallest absolute Gasteiger partial charge is 0.164 e. The molecule has 0 amide bonds. The van der Waals surface area contributed by atoms with Gasteiger partial charge in [0.2, 0.25) is 0 Å². The third kappa shape index (κ3) is 5.56. The second kappa shape index (κ2) is 13.4. The lowest BCUT2D eigenvalue weighted by Gasteiger charge is -2.21. The molecule has 0 saturated heterocycles. The number of benzene rings is 8. The molecule has 0 radical (unpaired) electrons. The number of hydrogen-bond donors (Lipinski definition) is 0. The molecule has 8 aromatic carbocycles. The first-order valence-electron chi connectivity index (χ1n) is 19.9. The zero-order valence-electron chi connectivity index (χ0n) is 32.3. The summed E-state index contributed by atoms with van der Waals surface area (Å²) in [5.74, 6) is 1.93. The Morgan fingerprint density at radius 1 is 0.345 bits per heavy atom. The van der Waals surface area contributed by atoms with E-state index in [1.807, 2.05) is 60.7 Å². The van der Waals surface area contributed by atoms with E-state index in [-0.39, 0.29) is 5.41 Å². The summed E-state index contributed by atoms with van der Waals surface area (Å²) < 4.78 is 2.39. The van der Waals surface area contributed by atoms with Crippen LogP contribution < -0.4 is 0 Å². The largest absolute Gasteiger partial charge is 0.309 e. The maximum Gasteiger partial charge on any atom is 0.164 e. The lowest BCUT2D eigenvalue weighted by molar-refractivity contribution is 0.660. The normalized spacial score (nSPS) is 12.8. The maximum atomic E-state index is 5.10. The van der Waals surface area contributed by atoms with Crippen LogP contribution in [-0.4, -0.2) is 19.5 Å². The highest BCUT2D eigenvalue weighted by molar-refractivity contribution is 6.11. The number of fused-ring (bicyclic) bond motifs is 6.